The first-order valence-electron chi connectivity index (χ1n) is 9.21. The van der Waals surface area contributed by atoms with Gasteiger partial charge in [-0.25, -0.2) is 0 Å². The lowest BCUT2D eigenvalue weighted by Gasteiger charge is -2.24. The van der Waals surface area contributed by atoms with Crippen molar-refractivity contribution in [2.45, 2.75) is 45.8 Å². The lowest BCUT2D eigenvalue weighted by atomic mass is 10.1. The van der Waals surface area contributed by atoms with Crippen LogP contribution in [0.25, 0.3) is 0 Å². The van der Waals surface area contributed by atoms with E-state index in [1.54, 1.807) is 4.68 Å². The molecule has 140 valence electrons. The zero-order chi connectivity index (χ0) is 18.7. The Bertz CT molecular complexity index is 784. The second kappa shape index (κ2) is 8.01. The molecule has 3 rings (SSSR count). The van der Waals surface area contributed by atoms with Crippen LogP contribution in [-0.2, 0) is 20.1 Å². The number of aromatic nitrogens is 2. The first-order valence-corrected chi connectivity index (χ1v) is 9.21. The van der Waals surface area contributed by atoms with E-state index in [1.807, 2.05) is 33.0 Å². The number of aliphatic hydroxyl groups excluding tert-OH is 1. The summed E-state index contributed by atoms with van der Waals surface area (Å²) >= 11 is 0. The number of hydrogen-bond acceptors (Lipinski definition) is 4. The number of carbonyl (C=O) groups is 1. The van der Waals surface area contributed by atoms with Gasteiger partial charge in [0, 0.05) is 31.9 Å². The molecule has 2 heterocycles. The first-order chi connectivity index (χ1) is 12.5. The summed E-state index contributed by atoms with van der Waals surface area (Å²) in [4.78, 5) is 14.9. The number of aliphatic hydroxyl groups is 1. The van der Waals surface area contributed by atoms with Crippen molar-refractivity contribution in [1.82, 2.24) is 20.0 Å². The molecule has 6 nitrogen and oxygen atoms in total. The molecule has 0 saturated carbocycles. The van der Waals surface area contributed by atoms with E-state index in [1.165, 1.54) is 5.56 Å². The molecule has 1 unspecified atom stereocenters. The summed E-state index contributed by atoms with van der Waals surface area (Å²) in [7, 11) is 1.85. The topological polar surface area (TPSA) is 70.4 Å². The van der Waals surface area contributed by atoms with Gasteiger partial charge < -0.3 is 10.4 Å². The van der Waals surface area contributed by atoms with E-state index in [-0.39, 0.29) is 18.6 Å². The van der Waals surface area contributed by atoms with E-state index in [4.69, 9.17) is 0 Å². The fraction of sp³-hybridized carbons (Fsp3) is 0.500. The minimum atomic E-state index is -0.0858. The molecule has 6 heteroatoms. The van der Waals surface area contributed by atoms with Crippen molar-refractivity contribution < 1.29 is 9.90 Å². The van der Waals surface area contributed by atoms with Crippen LogP contribution in [0.4, 0.5) is 0 Å². The van der Waals surface area contributed by atoms with Crippen LogP contribution in [0.3, 0.4) is 0 Å². The Hall–Kier alpha value is -2.18. The lowest BCUT2D eigenvalue weighted by molar-refractivity contribution is 0.0949. The second-order valence-electron chi connectivity index (χ2n) is 7.07. The van der Waals surface area contributed by atoms with E-state index >= 15 is 0 Å². The third-order valence-corrected chi connectivity index (χ3v) is 5.38. The van der Waals surface area contributed by atoms with Gasteiger partial charge in [0.1, 0.15) is 0 Å². The van der Waals surface area contributed by atoms with Crippen LogP contribution in [0.2, 0.25) is 0 Å². The highest BCUT2D eigenvalue weighted by Gasteiger charge is 2.24. The van der Waals surface area contributed by atoms with Gasteiger partial charge in [0.05, 0.1) is 17.9 Å². The molecule has 0 spiro atoms. The second-order valence-corrected chi connectivity index (χ2v) is 7.07. The Morgan fingerprint density at radius 2 is 2.04 bits per heavy atom. The summed E-state index contributed by atoms with van der Waals surface area (Å²) in [5, 5.41) is 16.9. The van der Waals surface area contributed by atoms with E-state index in [9.17, 15) is 9.90 Å². The minimum Gasteiger partial charge on any atom is -0.395 e. The molecule has 2 aromatic rings. The molecule has 1 atom stereocenters. The smallest absolute Gasteiger partial charge is 0.255 e. The zero-order valence-electron chi connectivity index (χ0n) is 15.8. The maximum atomic E-state index is 12.6. The predicted octanol–water partition coefficient (Wildman–Crippen LogP) is 1.92. The Kier molecular flexibility index (Phi) is 5.74. The summed E-state index contributed by atoms with van der Waals surface area (Å²) in [6.45, 7) is 6.28. The molecule has 1 aromatic carbocycles. The number of likely N-dealkylation sites (tertiary alicyclic amines) is 1. The van der Waals surface area contributed by atoms with Gasteiger partial charge in [-0.1, -0.05) is 24.3 Å². The summed E-state index contributed by atoms with van der Waals surface area (Å²) < 4.78 is 1.74. The van der Waals surface area contributed by atoms with Crippen LogP contribution in [0, 0.1) is 13.8 Å². The van der Waals surface area contributed by atoms with E-state index < -0.39 is 0 Å². The number of nitrogens with one attached hydrogen (secondary N) is 1. The maximum Gasteiger partial charge on any atom is 0.255 e. The van der Waals surface area contributed by atoms with Crippen LogP contribution in [0.5, 0.6) is 0 Å². The molecule has 1 aliphatic rings. The Labute approximate surface area is 154 Å². The van der Waals surface area contributed by atoms with Crippen molar-refractivity contribution in [3.05, 3.63) is 52.3 Å². The maximum absolute atomic E-state index is 12.6. The summed E-state index contributed by atoms with van der Waals surface area (Å²) in [5.41, 5.74) is 4.59. The van der Waals surface area contributed by atoms with Crippen molar-refractivity contribution in [2.75, 3.05) is 13.2 Å². The summed E-state index contributed by atoms with van der Waals surface area (Å²) in [6.07, 6.45) is 2.18. The van der Waals surface area contributed by atoms with E-state index in [0.717, 1.165) is 42.9 Å². The van der Waals surface area contributed by atoms with Gasteiger partial charge >= 0.3 is 0 Å². The van der Waals surface area contributed by atoms with E-state index in [0.29, 0.717) is 12.1 Å². The molecule has 26 heavy (non-hydrogen) atoms. The van der Waals surface area contributed by atoms with Crippen LogP contribution in [0.15, 0.2) is 24.3 Å². The SMILES string of the molecule is Cc1nn(C)c(C)c1C(=O)NCc1ccccc1CN1CCCC1CO. The first kappa shape index (κ1) is 18.6. The Balaban J connectivity index is 1.69. The summed E-state index contributed by atoms with van der Waals surface area (Å²) in [5.74, 6) is -0.0858. The largest absolute Gasteiger partial charge is 0.395 e. The van der Waals surface area contributed by atoms with Gasteiger partial charge in [-0.05, 0) is 44.4 Å². The predicted molar refractivity (Wildman–Crippen MR) is 101 cm³/mol. The molecule has 1 aromatic heterocycles. The van der Waals surface area contributed by atoms with Crippen molar-refractivity contribution in [2.24, 2.45) is 7.05 Å². The highest BCUT2D eigenvalue weighted by Crippen LogP contribution is 2.21. The molecule has 1 fully saturated rings. The fourth-order valence-electron chi connectivity index (χ4n) is 3.78. The monoisotopic (exact) mass is 356 g/mol. The number of hydrogen-bond donors (Lipinski definition) is 2. The summed E-state index contributed by atoms with van der Waals surface area (Å²) in [6, 6.07) is 8.44. The quantitative estimate of drug-likeness (QED) is 0.830. The van der Waals surface area contributed by atoms with Gasteiger partial charge in [0.25, 0.3) is 5.91 Å². The minimum absolute atomic E-state index is 0.0858. The standard InChI is InChI=1S/C20H28N4O2/c1-14-19(15(2)23(3)22-14)20(26)21-11-16-7-4-5-8-17(16)12-24-10-6-9-18(24)13-25/h4-5,7-8,18,25H,6,9-13H2,1-3H3,(H,21,26). The van der Waals surface area contributed by atoms with Crippen LogP contribution in [0.1, 0.15) is 45.7 Å². The number of amides is 1. The van der Waals surface area contributed by atoms with Gasteiger partial charge in [-0.2, -0.15) is 5.10 Å². The number of aryl methyl sites for hydroxylation is 2. The third-order valence-electron chi connectivity index (χ3n) is 5.38. The molecule has 1 aliphatic heterocycles. The molecule has 0 aliphatic carbocycles. The molecule has 1 amide bonds. The average Bonchev–Trinajstić information content (AvgIpc) is 3.17. The molecule has 0 bridgehead atoms. The molecular formula is C20H28N4O2. The molecule has 0 radical (unpaired) electrons. The van der Waals surface area contributed by atoms with Crippen molar-refractivity contribution in [3.63, 3.8) is 0 Å². The zero-order valence-corrected chi connectivity index (χ0v) is 15.8. The highest BCUT2D eigenvalue weighted by atomic mass is 16.3. The number of benzene rings is 1. The van der Waals surface area contributed by atoms with Gasteiger partial charge in [0.15, 0.2) is 0 Å². The van der Waals surface area contributed by atoms with E-state index in [2.05, 4.69) is 27.4 Å². The average molecular weight is 356 g/mol. The normalized spacial score (nSPS) is 17.6. The van der Waals surface area contributed by atoms with Crippen molar-refractivity contribution in [3.8, 4) is 0 Å². The lowest BCUT2D eigenvalue weighted by Crippen LogP contribution is -2.32. The number of nitrogens with zero attached hydrogens (tertiary/aromatic N) is 3. The number of carbonyl (C=O) groups excluding carboxylic acids is 1. The fourth-order valence-corrected chi connectivity index (χ4v) is 3.78. The van der Waals surface area contributed by atoms with Crippen molar-refractivity contribution >= 4 is 5.91 Å². The third kappa shape index (κ3) is 3.81. The Morgan fingerprint density at radius 1 is 1.31 bits per heavy atom. The Morgan fingerprint density at radius 3 is 2.69 bits per heavy atom. The van der Waals surface area contributed by atoms with Gasteiger partial charge in [-0.3, -0.25) is 14.4 Å². The molecule has 1 saturated heterocycles. The van der Waals surface area contributed by atoms with Crippen LogP contribution >= 0.6 is 0 Å². The van der Waals surface area contributed by atoms with Crippen LogP contribution < -0.4 is 5.32 Å². The highest BCUT2D eigenvalue weighted by molar-refractivity contribution is 5.96. The van der Waals surface area contributed by atoms with Gasteiger partial charge in [0.2, 0.25) is 0 Å². The molecular weight excluding hydrogens is 328 g/mol. The number of rotatable bonds is 6. The van der Waals surface area contributed by atoms with Gasteiger partial charge in [-0.15, -0.1) is 0 Å². The molecule has 2 N–H and O–H groups in total. The van der Waals surface area contributed by atoms with Crippen molar-refractivity contribution in [1.29, 1.82) is 0 Å². The van der Waals surface area contributed by atoms with Crippen LogP contribution in [-0.4, -0.2) is 44.9 Å².